The fourth-order valence-electron chi connectivity index (χ4n) is 2.19. The largest absolute Gasteiger partial charge is 0.299 e. The van der Waals surface area contributed by atoms with E-state index in [9.17, 15) is 4.79 Å². The van der Waals surface area contributed by atoms with E-state index in [2.05, 4.69) is 12.2 Å². The molecule has 0 aliphatic heterocycles. The number of hydrogen-bond donors (Lipinski definition) is 0. The summed E-state index contributed by atoms with van der Waals surface area (Å²) < 4.78 is 0. The van der Waals surface area contributed by atoms with Gasteiger partial charge in [0, 0.05) is 17.7 Å². The molecule has 2 rings (SSSR count). The van der Waals surface area contributed by atoms with Crippen LogP contribution in [0.15, 0.2) is 12.2 Å². The second kappa shape index (κ2) is 2.63. The van der Waals surface area contributed by atoms with Gasteiger partial charge in [0.15, 0.2) is 0 Å². The highest BCUT2D eigenvalue weighted by Crippen LogP contribution is 2.45. The van der Waals surface area contributed by atoms with E-state index in [1.807, 2.05) is 0 Å². The number of ketones is 1. The van der Waals surface area contributed by atoms with Crippen LogP contribution in [0.1, 0.15) is 12.8 Å². The maximum atomic E-state index is 11.3. The molecular weight excluding hydrogens is 160 g/mol. The van der Waals surface area contributed by atoms with Crippen molar-refractivity contribution in [1.82, 2.24) is 0 Å². The number of hydrogen-bond acceptors (Lipinski definition) is 1. The smallest absolute Gasteiger partial charge is 0.140 e. The van der Waals surface area contributed by atoms with Crippen LogP contribution >= 0.6 is 11.6 Å². The first-order chi connectivity index (χ1) is 5.34. The summed E-state index contributed by atoms with van der Waals surface area (Å²) >= 11 is 5.59. The van der Waals surface area contributed by atoms with E-state index in [4.69, 9.17) is 11.6 Å². The average molecular weight is 171 g/mol. The Hall–Kier alpha value is -0.300. The van der Waals surface area contributed by atoms with Gasteiger partial charge in [0.05, 0.1) is 0 Å². The predicted molar refractivity (Wildman–Crippen MR) is 44.6 cm³/mol. The first-order valence-electron chi connectivity index (χ1n) is 4.11. The van der Waals surface area contributed by atoms with Gasteiger partial charge in [-0.2, -0.15) is 0 Å². The van der Waals surface area contributed by atoms with Crippen molar-refractivity contribution >= 4 is 17.4 Å². The molecule has 3 atom stereocenters. The van der Waals surface area contributed by atoms with Crippen molar-refractivity contribution < 1.29 is 4.79 Å². The van der Waals surface area contributed by atoms with E-state index in [0.717, 1.165) is 12.8 Å². The summed E-state index contributed by atoms with van der Waals surface area (Å²) in [7, 11) is 0. The molecule has 2 aliphatic rings. The van der Waals surface area contributed by atoms with E-state index < -0.39 is 0 Å². The molecule has 0 aromatic heterocycles. The summed E-state index contributed by atoms with van der Waals surface area (Å²) in [6, 6.07) is 0. The normalized spacial score (nSPS) is 40.5. The molecule has 1 fully saturated rings. The van der Waals surface area contributed by atoms with Crippen LogP contribution in [0.2, 0.25) is 0 Å². The van der Waals surface area contributed by atoms with E-state index >= 15 is 0 Å². The van der Waals surface area contributed by atoms with E-state index in [-0.39, 0.29) is 5.92 Å². The molecule has 1 saturated carbocycles. The quantitative estimate of drug-likeness (QED) is 0.458. The van der Waals surface area contributed by atoms with Crippen LogP contribution in [0, 0.1) is 17.8 Å². The third-order valence-corrected chi connectivity index (χ3v) is 3.05. The number of allylic oxidation sites excluding steroid dienone is 2. The van der Waals surface area contributed by atoms with E-state index in [0.29, 0.717) is 23.5 Å². The molecule has 0 bridgehead atoms. The molecule has 0 saturated heterocycles. The Bertz CT molecular complexity index is 210. The van der Waals surface area contributed by atoms with Crippen molar-refractivity contribution in [3.63, 3.8) is 0 Å². The topological polar surface area (TPSA) is 17.1 Å². The molecule has 0 heterocycles. The highest BCUT2D eigenvalue weighted by atomic mass is 35.5. The first kappa shape index (κ1) is 7.35. The van der Waals surface area contributed by atoms with E-state index in [1.165, 1.54) is 0 Å². The van der Waals surface area contributed by atoms with Crippen LogP contribution in [-0.4, -0.2) is 11.7 Å². The number of halogens is 1. The highest BCUT2D eigenvalue weighted by Gasteiger charge is 2.48. The fourth-order valence-corrected chi connectivity index (χ4v) is 2.43. The number of fused-ring (bicyclic) bond motifs is 1. The van der Waals surface area contributed by atoms with Crippen LogP contribution in [0.4, 0.5) is 0 Å². The zero-order valence-corrected chi connectivity index (χ0v) is 7.05. The van der Waals surface area contributed by atoms with E-state index in [1.54, 1.807) is 0 Å². The van der Waals surface area contributed by atoms with Crippen LogP contribution in [0.25, 0.3) is 0 Å². The maximum Gasteiger partial charge on any atom is 0.140 e. The van der Waals surface area contributed by atoms with Gasteiger partial charge in [-0.15, -0.1) is 11.6 Å². The van der Waals surface area contributed by atoms with Crippen LogP contribution in [-0.2, 0) is 4.79 Å². The van der Waals surface area contributed by atoms with Crippen molar-refractivity contribution in [3.8, 4) is 0 Å². The highest BCUT2D eigenvalue weighted by molar-refractivity contribution is 6.18. The number of alkyl halides is 1. The second-order valence-electron chi connectivity index (χ2n) is 3.33. The Kier molecular flexibility index (Phi) is 1.76. The molecule has 2 aliphatic carbocycles. The zero-order chi connectivity index (χ0) is 7.84. The number of rotatable bonds is 2. The lowest BCUT2D eigenvalue weighted by molar-refractivity contribution is -0.139. The summed E-state index contributed by atoms with van der Waals surface area (Å²) in [5.74, 6) is 2.20. The van der Waals surface area contributed by atoms with Crippen molar-refractivity contribution in [2.45, 2.75) is 12.8 Å². The first-order valence-corrected chi connectivity index (χ1v) is 4.64. The van der Waals surface area contributed by atoms with Gasteiger partial charge in [-0.3, -0.25) is 4.79 Å². The molecular formula is C9H11ClO. The van der Waals surface area contributed by atoms with Crippen molar-refractivity contribution in [2.75, 3.05) is 5.88 Å². The van der Waals surface area contributed by atoms with Crippen molar-refractivity contribution in [2.24, 2.45) is 17.8 Å². The third kappa shape index (κ3) is 0.943. The Balaban J connectivity index is 2.02. The number of carbonyl (C=O) groups is 1. The summed E-state index contributed by atoms with van der Waals surface area (Å²) in [6.07, 6.45) is 6.15. The summed E-state index contributed by atoms with van der Waals surface area (Å²) in [4.78, 5) is 11.3. The molecule has 2 unspecified atom stereocenters. The molecule has 0 amide bonds. The average Bonchev–Trinajstić information content (AvgIpc) is 2.44. The standard InChI is InChI=1S/C9H11ClO/c10-5-4-8-6-2-1-3-7(6)9(8)11/h1-2,6-8H,3-5H2/t6-,7?,8?/m0/s1. The molecule has 1 nitrogen and oxygen atoms in total. The second-order valence-corrected chi connectivity index (χ2v) is 3.71. The molecule has 0 N–H and O–H groups in total. The minimum Gasteiger partial charge on any atom is -0.299 e. The molecule has 0 radical (unpaired) electrons. The maximum absolute atomic E-state index is 11.3. The minimum absolute atomic E-state index is 0.260. The minimum atomic E-state index is 0.260. The monoisotopic (exact) mass is 170 g/mol. The van der Waals surface area contributed by atoms with Crippen molar-refractivity contribution in [1.29, 1.82) is 0 Å². The zero-order valence-electron chi connectivity index (χ0n) is 6.29. The molecule has 2 heteroatoms. The molecule has 60 valence electrons. The van der Waals surface area contributed by atoms with Gasteiger partial charge >= 0.3 is 0 Å². The SMILES string of the molecule is O=C1C2CC=C[C@@H]2C1CCCl. The van der Waals surface area contributed by atoms with Crippen LogP contribution < -0.4 is 0 Å². The Morgan fingerprint density at radius 2 is 2.45 bits per heavy atom. The lowest BCUT2D eigenvalue weighted by Crippen LogP contribution is -2.44. The molecule has 0 aromatic rings. The number of Topliss-reactive ketones (excluding diaryl/α,β-unsaturated/α-hetero) is 1. The molecule has 0 spiro atoms. The lowest BCUT2D eigenvalue weighted by Gasteiger charge is -2.37. The Morgan fingerprint density at radius 1 is 1.64 bits per heavy atom. The van der Waals surface area contributed by atoms with Crippen molar-refractivity contribution in [3.05, 3.63) is 12.2 Å². The van der Waals surface area contributed by atoms with Crippen LogP contribution in [0.5, 0.6) is 0 Å². The van der Waals surface area contributed by atoms with Gasteiger partial charge in [-0.1, -0.05) is 12.2 Å². The lowest BCUT2D eigenvalue weighted by atomic mass is 9.64. The van der Waals surface area contributed by atoms with Gasteiger partial charge in [0.1, 0.15) is 5.78 Å². The molecule has 11 heavy (non-hydrogen) atoms. The van der Waals surface area contributed by atoms with Gasteiger partial charge in [-0.05, 0) is 18.8 Å². The third-order valence-electron chi connectivity index (χ3n) is 2.83. The van der Waals surface area contributed by atoms with Crippen LogP contribution in [0.3, 0.4) is 0 Å². The fraction of sp³-hybridized carbons (Fsp3) is 0.667. The Morgan fingerprint density at radius 3 is 3.18 bits per heavy atom. The number of carbonyl (C=O) groups excluding carboxylic acids is 1. The van der Waals surface area contributed by atoms with Gasteiger partial charge < -0.3 is 0 Å². The summed E-state index contributed by atoms with van der Waals surface area (Å²) in [6.45, 7) is 0. The predicted octanol–water partition coefficient (Wildman–Crippen LogP) is 2.01. The summed E-state index contributed by atoms with van der Waals surface area (Å²) in [5.41, 5.74) is 0. The molecule has 0 aromatic carbocycles. The Labute approximate surface area is 71.4 Å². The van der Waals surface area contributed by atoms with Gasteiger partial charge in [0.2, 0.25) is 0 Å². The van der Waals surface area contributed by atoms with Gasteiger partial charge in [-0.25, -0.2) is 0 Å². The van der Waals surface area contributed by atoms with Gasteiger partial charge in [0.25, 0.3) is 0 Å². The summed E-state index contributed by atoms with van der Waals surface area (Å²) in [5, 5.41) is 0.